The number of ether oxygens (including phenoxy) is 2. The lowest BCUT2D eigenvalue weighted by Gasteiger charge is -2.50. The van der Waals surface area contributed by atoms with Crippen molar-refractivity contribution in [3.63, 3.8) is 0 Å². The Labute approximate surface area is 232 Å². The molecule has 2 aliphatic rings. The van der Waals surface area contributed by atoms with Crippen molar-refractivity contribution in [1.82, 2.24) is 20.8 Å². The van der Waals surface area contributed by atoms with Gasteiger partial charge in [0.05, 0.1) is 0 Å². The molecule has 0 unspecified atom stereocenters. The molecule has 2 saturated heterocycles. The molecule has 0 bridgehead atoms. The number of amides is 2. The Kier molecular flexibility index (Phi) is 8.97. The average molecular weight is 549 g/mol. The van der Waals surface area contributed by atoms with Crippen molar-refractivity contribution >= 4 is 12.2 Å². The molecule has 2 aliphatic heterocycles. The lowest BCUT2D eigenvalue weighted by Crippen LogP contribution is -2.60. The number of carbonyl (C=O) groups excluding carboxylic acids is 2. The van der Waals surface area contributed by atoms with E-state index in [0.29, 0.717) is 32.2 Å². The minimum absolute atomic E-state index is 0.284. The normalized spacial score (nSPS) is 23.2. The minimum atomic E-state index is -0.506. The van der Waals surface area contributed by atoms with Gasteiger partial charge >= 0.3 is 12.2 Å². The smallest absolute Gasteiger partial charge is 0.407 e. The summed E-state index contributed by atoms with van der Waals surface area (Å²) in [6, 6.07) is 5.83. The summed E-state index contributed by atoms with van der Waals surface area (Å²) in [5.74, 6) is 0. The summed E-state index contributed by atoms with van der Waals surface area (Å²) in [4.78, 5) is 25.2. The van der Waals surface area contributed by atoms with E-state index in [9.17, 15) is 20.0 Å². The fourth-order valence-corrected chi connectivity index (χ4v) is 6.28. The van der Waals surface area contributed by atoms with E-state index in [2.05, 4.69) is 10.6 Å². The van der Waals surface area contributed by atoms with Gasteiger partial charge in [0.2, 0.25) is 0 Å². The molecule has 2 heterocycles. The van der Waals surface area contributed by atoms with Gasteiger partial charge in [0.1, 0.15) is 12.2 Å². The van der Waals surface area contributed by atoms with Crippen LogP contribution in [0.1, 0.15) is 97.8 Å². The van der Waals surface area contributed by atoms with Gasteiger partial charge in [-0.15, -0.1) is 0 Å². The fourth-order valence-electron chi connectivity index (χ4n) is 6.28. The number of hydrogen-bond donors (Lipinski definition) is 4. The third-order valence-electron chi connectivity index (χ3n) is 8.02. The monoisotopic (exact) mass is 548 g/mol. The summed E-state index contributed by atoms with van der Waals surface area (Å²) in [5.41, 5.74) is 0.794. The van der Waals surface area contributed by atoms with E-state index >= 15 is 0 Å². The summed E-state index contributed by atoms with van der Waals surface area (Å²) in [6.07, 6.45) is 0.529. The lowest BCUT2D eigenvalue weighted by molar-refractivity contribution is -0.256. The maximum absolute atomic E-state index is 12.6. The molecular weight excluding hydrogens is 500 g/mol. The Morgan fingerprint density at radius 2 is 1.15 bits per heavy atom. The quantitative estimate of drug-likeness (QED) is 0.379. The second kappa shape index (κ2) is 11.2. The molecule has 1 aromatic rings. The Hall–Kier alpha value is -2.40. The van der Waals surface area contributed by atoms with Crippen LogP contribution in [0.15, 0.2) is 18.2 Å². The number of hydroxylamine groups is 4. The van der Waals surface area contributed by atoms with Gasteiger partial charge in [-0.1, -0.05) is 18.2 Å². The Morgan fingerprint density at radius 3 is 1.56 bits per heavy atom. The van der Waals surface area contributed by atoms with Gasteiger partial charge in [0.15, 0.2) is 0 Å². The third kappa shape index (κ3) is 7.63. The zero-order valence-electron chi connectivity index (χ0n) is 25.1. The number of rotatable bonds is 6. The number of aryl methyl sites for hydroxylation is 1. The van der Waals surface area contributed by atoms with Crippen LogP contribution >= 0.6 is 0 Å². The largest absolute Gasteiger partial charge is 0.446 e. The van der Waals surface area contributed by atoms with Gasteiger partial charge in [0, 0.05) is 60.9 Å². The molecule has 0 saturated carbocycles. The second-order valence-corrected chi connectivity index (χ2v) is 13.7. The highest BCUT2D eigenvalue weighted by Crippen LogP contribution is 2.39. The number of piperidine rings is 2. The number of nitrogens with zero attached hydrogens (tertiary/aromatic N) is 2. The Bertz CT molecular complexity index is 1020. The maximum Gasteiger partial charge on any atom is 0.407 e. The first kappa shape index (κ1) is 31.1. The molecule has 1 aromatic carbocycles. The fraction of sp³-hybridized carbons (Fsp3) is 0.724. The van der Waals surface area contributed by atoms with Crippen LogP contribution in [0.25, 0.3) is 0 Å². The van der Waals surface area contributed by atoms with E-state index in [1.165, 1.54) is 10.1 Å². The topological polar surface area (TPSA) is 124 Å². The number of hydrogen-bond acceptors (Lipinski definition) is 8. The molecule has 220 valence electrons. The van der Waals surface area contributed by atoms with Crippen LogP contribution in [0, 0.1) is 6.92 Å². The van der Waals surface area contributed by atoms with Gasteiger partial charge in [-0.25, -0.2) is 9.59 Å². The van der Waals surface area contributed by atoms with E-state index in [4.69, 9.17) is 9.47 Å². The van der Waals surface area contributed by atoms with Crippen molar-refractivity contribution < 1.29 is 29.5 Å². The van der Waals surface area contributed by atoms with Gasteiger partial charge < -0.3 is 30.5 Å². The first-order chi connectivity index (χ1) is 17.8. The second-order valence-electron chi connectivity index (χ2n) is 13.7. The van der Waals surface area contributed by atoms with Gasteiger partial charge in [-0.05, 0) is 79.0 Å². The average Bonchev–Trinajstić information content (AvgIpc) is 2.78. The van der Waals surface area contributed by atoms with Crippen molar-refractivity contribution in [3.05, 3.63) is 34.9 Å². The van der Waals surface area contributed by atoms with Crippen molar-refractivity contribution in [2.45, 2.75) is 135 Å². The van der Waals surface area contributed by atoms with E-state index in [1.807, 2.05) is 80.5 Å². The van der Waals surface area contributed by atoms with Crippen LogP contribution in [0.2, 0.25) is 0 Å². The van der Waals surface area contributed by atoms with Gasteiger partial charge in [0.25, 0.3) is 0 Å². The van der Waals surface area contributed by atoms with Crippen molar-refractivity contribution in [1.29, 1.82) is 0 Å². The number of alkyl carbamates (subject to hydrolysis) is 2. The zero-order chi connectivity index (χ0) is 29.4. The minimum Gasteiger partial charge on any atom is -0.446 e. The van der Waals surface area contributed by atoms with Crippen LogP contribution < -0.4 is 10.6 Å². The predicted molar refractivity (Wildman–Crippen MR) is 147 cm³/mol. The van der Waals surface area contributed by atoms with E-state index in [-0.39, 0.29) is 18.8 Å². The van der Waals surface area contributed by atoms with Crippen molar-refractivity contribution in [2.24, 2.45) is 0 Å². The molecule has 10 heteroatoms. The first-order valence-corrected chi connectivity index (χ1v) is 13.8. The van der Waals surface area contributed by atoms with Crippen LogP contribution in [0.5, 0.6) is 0 Å². The standard InChI is InChI=1S/C29H48N4O6/c1-19-10-11-20(17-30-24(34)38-22-13-26(2,3)32(36)27(4,5)14-22)12-21(19)18-31-25(35)39-23-15-28(6,7)33(37)29(8,9)16-23/h10-12,22-23,36-37H,13-18H2,1-9H3,(H,30,34)(H,31,35). The zero-order valence-corrected chi connectivity index (χ0v) is 25.1. The third-order valence-corrected chi connectivity index (χ3v) is 8.02. The number of carbonyl (C=O) groups is 2. The van der Waals surface area contributed by atoms with Crippen LogP contribution in [0.3, 0.4) is 0 Å². The summed E-state index contributed by atoms with van der Waals surface area (Å²) in [6.45, 7) is 18.0. The molecular formula is C29H48N4O6. The molecule has 0 aromatic heterocycles. The maximum atomic E-state index is 12.6. The van der Waals surface area contributed by atoms with Crippen LogP contribution in [0.4, 0.5) is 9.59 Å². The first-order valence-electron chi connectivity index (χ1n) is 13.8. The van der Waals surface area contributed by atoms with E-state index in [1.54, 1.807) is 0 Å². The Morgan fingerprint density at radius 1 is 0.769 bits per heavy atom. The highest BCUT2D eigenvalue weighted by molar-refractivity contribution is 5.68. The molecule has 2 fully saturated rings. The van der Waals surface area contributed by atoms with Gasteiger partial charge in [-0.3, -0.25) is 0 Å². The molecule has 0 radical (unpaired) electrons. The summed E-state index contributed by atoms with van der Waals surface area (Å²) >= 11 is 0. The van der Waals surface area contributed by atoms with Crippen molar-refractivity contribution in [3.8, 4) is 0 Å². The molecule has 10 nitrogen and oxygen atoms in total. The highest BCUT2D eigenvalue weighted by Gasteiger charge is 2.47. The summed E-state index contributed by atoms with van der Waals surface area (Å²) in [7, 11) is 0. The SMILES string of the molecule is Cc1ccc(CNC(=O)OC2CC(C)(C)N(O)C(C)(C)C2)cc1CNC(=O)OC1CC(C)(C)N(O)C(C)(C)C1. The van der Waals surface area contributed by atoms with E-state index < -0.39 is 34.3 Å². The molecule has 2 amide bonds. The number of benzene rings is 1. The van der Waals surface area contributed by atoms with Crippen LogP contribution in [-0.2, 0) is 22.6 Å². The molecule has 0 atom stereocenters. The molecule has 0 spiro atoms. The Balaban J connectivity index is 1.51. The van der Waals surface area contributed by atoms with Gasteiger partial charge in [-0.2, -0.15) is 10.1 Å². The molecule has 4 N–H and O–H groups in total. The number of nitrogens with one attached hydrogen (secondary N) is 2. The van der Waals surface area contributed by atoms with Crippen LogP contribution in [-0.4, -0.2) is 67.1 Å². The highest BCUT2D eigenvalue weighted by atomic mass is 16.6. The summed E-state index contributed by atoms with van der Waals surface area (Å²) < 4.78 is 11.4. The molecule has 3 rings (SSSR count). The molecule has 0 aliphatic carbocycles. The van der Waals surface area contributed by atoms with Crippen molar-refractivity contribution in [2.75, 3.05) is 0 Å². The predicted octanol–water partition coefficient (Wildman–Crippen LogP) is 5.27. The lowest BCUT2D eigenvalue weighted by atomic mass is 9.80. The van der Waals surface area contributed by atoms with E-state index in [0.717, 1.165) is 16.7 Å². The summed E-state index contributed by atoms with van der Waals surface area (Å²) in [5, 5.41) is 29.3. The molecule has 39 heavy (non-hydrogen) atoms.